The highest BCUT2D eigenvalue weighted by Crippen LogP contribution is 2.62. The van der Waals surface area contributed by atoms with E-state index in [2.05, 4.69) is 15.9 Å². The van der Waals surface area contributed by atoms with Gasteiger partial charge in [-0.3, -0.25) is 0 Å². The first-order chi connectivity index (χ1) is 8.41. The topological polar surface area (TPSA) is 26.0 Å². The molecule has 2 saturated carbocycles. The second-order valence-electron chi connectivity index (χ2n) is 5.19. The molecule has 1 aromatic heterocycles. The zero-order chi connectivity index (χ0) is 13.1. The highest BCUT2D eigenvalue weighted by Gasteiger charge is 2.56. The number of halogens is 4. The van der Waals surface area contributed by atoms with Crippen LogP contribution in [0.4, 0.5) is 13.2 Å². The monoisotopic (exact) mass is 339 g/mol. The fourth-order valence-corrected chi connectivity index (χ4v) is 5.42. The molecule has 0 radical (unpaired) electrons. The SMILES string of the molecule is NC(c1scc(C(F)(F)F)c1Br)C1C2CCCC21. The van der Waals surface area contributed by atoms with Gasteiger partial charge in [-0.2, -0.15) is 13.2 Å². The lowest BCUT2D eigenvalue weighted by molar-refractivity contribution is -0.137. The van der Waals surface area contributed by atoms with Gasteiger partial charge in [-0.1, -0.05) is 6.42 Å². The molecule has 0 spiro atoms. The average Bonchev–Trinajstić information content (AvgIpc) is 2.64. The molecule has 100 valence electrons. The second kappa shape index (κ2) is 4.21. The van der Waals surface area contributed by atoms with Crippen molar-refractivity contribution in [1.29, 1.82) is 0 Å². The van der Waals surface area contributed by atoms with Crippen LogP contribution in [0, 0.1) is 17.8 Å². The molecule has 3 rings (SSSR count). The van der Waals surface area contributed by atoms with Crippen molar-refractivity contribution < 1.29 is 13.2 Å². The summed E-state index contributed by atoms with van der Waals surface area (Å²) in [7, 11) is 0. The predicted octanol–water partition coefficient (Wildman–Crippen LogP) is 4.58. The Morgan fingerprint density at radius 2 is 1.94 bits per heavy atom. The summed E-state index contributed by atoms with van der Waals surface area (Å²) in [6.45, 7) is 0. The molecule has 0 amide bonds. The number of fused-ring (bicyclic) bond motifs is 1. The quantitative estimate of drug-likeness (QED) is 0.838. The lowest BCUT2D eigenvalue weighted by Crippen LogP contribution is -2.15. The van der Waals surface area contributed by atoms with Gasteiger partial charge in [0.25, 0.3) is 0 Å². The molecule has 1 aromatic rings. The number of alkyl halides is 3. The molecule has 2 N–H and O–H groups in total. The van der Waals surface area contributed by atoms with Crippen LogP contribution >= 0.6 is 27.3 Å². The summed E-state index contributed by atoms with van der Waals surface area (Å²) >= 11 is 4.20. The van der Waals surface area contributed by atoms with E-state index < -0.39 is 11.7 Å². The van der Waals surface area contributed by atoms with Crippen LogP contribution in [-0.2, 0) is 6.18 Å². The van der Waals surface area contributed by atoms with Gasteiger partial charge in [0.15, 0.2) is 0 Å². The van der Waals surface area contributed by atoms with Crippen LogP contribution in [-0.4, -0.2) is 0 Å². The zero-order valence-electron chi connectivity index (χ0n) is 9.51. The molecule has 0 aliphatic heterocycles. The molecule has 0 aromatic carbocycles. The van der Waals surface area contributed by atoms with E-state index in [4.69, 9.17) is 5.73 Å². The minimum Gasteiger partial charge on any atom is -0.323 e. The molecule has 1 nitrogen and oxygen atoms in total. The number of rotatable bonds is 2. The van der Waals surface area contributed by atoms with Crippen molar-refractivity contribution in [1.82, 2.24) is 0 Å². The van der Waals surface area contributed by atoms with Gasteiger partial charge in [-0.25, -0.2) is 0 Å². The Kier molecular flexibility index (Phi) is 3.03. The Bertz CT molecular complexity index is 460. The summed E-state index contributed by atoms with van der Waals surface area (Å²) < 4.78 is 38.3. The van der Waals surface area contributed by atoms with Crippen molar-refractivity contribution in [2.45, 2.75) is 31.5 Å². The Hall–Kier alpha value is -0.0700. The van der Waals surface area contributed by atoms with E-state index in [9.17, 15) is 13.2 Å². The maximum absolute atomic E-state index is 12.7. The fourth-order valence-electron chi connectivity index (χ4n) is 3.36. The molecule has 2 fully saturated rings. The van der Waals surface area contributed by atoms with E-state index in [1.165, 1.54) is 19.3 Å². The molecule has 2 aliphatic rings. The van der Waals surface area contributed by atoms with E-state index in [-0.39, 0.29) is 10.5 Å². The Labute approximate surface area is 116 Å². The number of thiophene rings is 1. The van der Waals surface area contributed by atoms with E-state index in [1.807, 2.05) is 0 Å². The van der Waals surface area contributed by atoms with Crippen LogP contribution in [0.25, 0.3) is 0 Å². The summed E-state index contributed by atoms with van der Waals surface area (Å²) in [5.74, 6) is 1.71. The Morgan fingerprint density at radius 3 is 2.44 bits per heavy atom. The molecule has 0 saturated heterocycles. The van der Waals surface area contributed by atoms with E-state index in [0.717, 1.165) is 16.7 Å². The summed E-state index contributed by atoms with van der Waals surface area (Å²) in [5.41, 5.74) is 5.57. The van der Waals surface area contributed by atoms with Crippen molar-refractivity contribution in [3.63, 3.8) is 0 Å². The van der Waals surface area contributed by atoms with E-state index >= 15 is 0 Å². The summed E-state index contributed by atoms with van der Waals surface area (Å²) in [6.07, 6.45) is -0.666. The standard InChI is InChI=1S/C12H13BrF3NS/c13-9-7(12(14,15)16)4-18-11(9)10(17)8-5-2-1-3-6(5)8/h4-6,8,10H,1-3,17H2. The highest BCUT2D eigenvalue weighted by molar-refractivity contribution is 9.10. The van der Waals surface area contributed by atoms with Crippen molar-refractivity contribution in [2.75, 3.05) is 0 Å². The van der Waals surface area contributed by atoms with Gasteiger partial charge in [-0.15, -0.1) is 11.3 Å². The van der Waals surface area contributed by atoms with Crippen molar-refractivity contribution >= 4 is 27.3 Å². The van der Waals surface area contributed by atoms with Gasteiger partial charge in [0.1, 0.15) is 0 Å². The van der Waals surface area contributed by atoms with Crippen molar-refractivity contribution in [3.05, 3.63) is 20.3 Å². The normalized spacial score (nSPS) is 32.4. The van der Waals surface area contributed by atoms with Crippen LogP contribution in [0.15, 0.2) is 9.85 Å². The second-order valence-corrected chi connectivity index (χ2v) is 6.89. The molecule has 3 atom stereocenters. The fraction of sp³-hybridized carbons (Fsp3) is 0.667. The molecule has 3 unspecified atom stereocenters. The molecule has 6 heteroatoms. The number of hydrogen-bond donors (Lipinski definition) is 1. The van der Waals surface area contributed by atoms with Crippen molar-refractivity contribution in [3.8, 4) is 0 Å². The van der Waals surface area contributed by atoms with Gasteiger partial charge in [0.05, 0.1) is 5.56 Å². The van der Waals surface area contributed by atoms with Crippen LogP contribution in [0.2, 0.25) is 0 Å². The molecule has 0 bridgehead atoms. The van der Waals surface area contributed by atoms with Crippen LogP contribution in [0.5, 0.6) is 0 Å². The molecule has 2 aliphatic carbocycles. The minimum absolute atomic E-state index is 0.150. The van der Waals surface area contributed by atoms with Gasteiger partial charge >= 0.3 is 6.18 Å². The minimum atomic E-state index is -4.30. The third-order valence-corrected chi connectivity index (χ3v) is 6.45. The Balaban J connectivity index is 1.83. The van der Waals surface area contributed by atoms with E-state index in [1.54, 1.807) is 0 Å². The van der Waals surface area contributed by atoms with Gasteiger partial charge < -0.3 is 5.73 Å². The summed E-state index contributed by atoms with van der Waals surface area (Å²) in [5, 5.41) is 1.16. The average molecular weight is 340 g/mol. The molecule has 18 heavy (non-hydrogen) atoms. The molecular weight excluding hydrogens is 327 g/mol. The summed E-state index contributed by atoms with van der Waals surface area (Å²) in [4.78, 5) is 0.654. The van der Waals surface area contributed by atoms with Gasteiger partial charge in [0, 0.05) is 20.8 Å². The third kappa shape index (κ3) is 1.93. The maximum Gasteiger partial charge on any atom is 0.418 e. The van der Waals surface area contributed by atoms with E-state index in [0.29, 0.717) is 22.6 Å². The molecular formula is C12H13BrF3NS. The van der Waals surface area contributed by atoms with Crippen LogP contribution < -0.4 is 5.73 Å². The molecule has 1 heterocycles. The van der Waals surface area contributed by atoms with Crippen molar-refractivity contribution in [2.24, 2.45) is 23.5 Å². The summed E-state index contributed by atoms with van der Waals surface area (Å²) in [6, 6.07) is -0.240. The first kappa shape index (κ1) is 12.9. The maximum atomic E-state index is 12.7. The highest BCUT2D eigenvalue weighted by atomic mass is 79.9. The third-order valence-electron chi connectivity index (χ3n) is 4.25. The van der Waals surface area contributed by atoms with Crippen LogP contribution in [0.1, 0.15) is 35.7 Å². The lowest BCUT2D eigenvalue weighted by atomic mass is 10.0. The van der Waals surface area contributed by atoms with Gasteiger partial charge in [-0.05, 0) is 46.5 Å². The van der Waals surface area contributed by atoms with Crippen LogP contribution in [0.3, 0.4) is 0 Å². The predicted molar refractivity (Wildman–Crippen MR) is 68.3 cm³/mol. The Morgan fingerprint density at radius 1 is 1.33 bits per heavy atom. The van der Waals surface area contributed by atoms with Gasteiger partial charge in [0.2, 0.25) is 0 Å². The smallest absolute Gasteiger partial charge is 0.323 e. The largest absolute Gasteiger partial charge is 0.418 e. The first-order valence-electron chi connectivity index (χ1n) is 6.01. The lowest BCUT2D eigenvalue weighted by Gasteiger charge is -2.13. The first-order valence-corrected chi connectivity index (χ1v) is 7.68. The zero-order valence-corrected chi connectivity index (χ0v) is 11.9. The number of nitrogens with two attached hydrogens (primary N) is 1. The number of hydrogen-bond acceptors (Lipinski definition) is 2.